The van der Waals surface area contributed by atoms with Crippen LogP contribution < -0.4 is 5.32 Å². The molecule has 0 unspecified atom stereocenters. The number of nitrogens with one attached hydrogen (secondary N) is 1. The maximum Gasteiger partial charge on any atom is 0.161 e. The van der Waals surface area contributed by atoms with Gasteiger partial charge < -0.3 is 5.32 Å². The molecule has 0 amide bonds. The fraction of sp³-hybridized carbons (Fsp3) is 0.500. The van der Waals surface area contributed by atoms with E-state index in [9.17, 15) is 0 Å². The van der Waals surface area contributed by atoms with Crippen LogP contribution in [0.25, 0.3) is 0 Å². The Morgan fingerprint density at radius 2 is 2.10 bits per heavy atom. The van der Waals surface area contributed by atoms with Crippen LogP contribution in [0.4, 0.5) is 5.69 Å². The minimum absolute atomic E-state index is 0.187. The van der Waals surface area contributed by atoms with E-state index >= 15 is 0 Å². The lowest BCUT2D eigenvalue weighted by Crippen LogP contribution is -2.29. The van der Waals surface area contributed by atoms with Gasteiger partial charge in [0.2, 0.25) is 0 Å². The average molecular weight is 285 g/mol. The molecule has 1 aliphatic heterocycles. The zero-order chi connectivity index (χ0) is 14.0. The molecule has 1 saturated carbocycles. The summed E-state index contributed by atoms with van der Waals surface area (Å²) < 4.78 is 0. The third kappa shape index (κ3) is 2.69. The molecule has 4 heteroatoms. The molecule has 0 radical (unpaired) electrons. The highest BCUT2D eigenvalue weighted by molar-refractivity contribution is 8.14. The molecule has 1 heterocycles. The van der Waals surface area contributed by atoms with Crippen molar-refractivity contribution in [2.24, 2.45) is 4.99 Å². The Hall–Kier alpha value is -1.47. The molecule has 1 spiro atoms. The summed E-state index contributed by atoms with van der Waals surface area (Å²) in [5.74, 6) is 1.10. The highest BCUT2D eigenvalue weighted by Gasteiger charge is 2.36. The Balaban J connectivity index is 1.79. The molecule has 0 aromatic heterocycles. The van der Waals surface area contributed by atoms with Crippen LogP contribution in [-0.4, -0.2) is 16.5 Å². The number of benzene rings is 1. The second-order valence-corrected chi connectivity index (χ2v) is 6.72. The number of hydrogen-bond acceptors (Lipinski definition) is 4. The Bertz CT molecular complexity index is 580. The average Bonchev–Trinajstić information content (AvgIpc) is 2.84. The zero-order valence-corrected chi connectivity index (χ0v) is 12.6. The molecule has 104 valence electrons. The summed E-state index contributed by atoms with van der Waals surface area (Å²) in [5, 5.41) is 13.4. The Labute approximate surface area is 124 Å². The molecular weight excluding hydrogens is 266 g/mol. The van der Waals surface area contributed by atoms with Crippen LogP contribution in [0.2, 0.25) is 0 Å². The summed E-state index contributed by atoms with van der Waals surface area (Å²) in [4.78, 5) is 4.96. The molecule has 20 heavy (non-hydrogen) atoms. The van der Waals surface area contributed by atoms with Gasteiger partial charge in [0.25, 0.3) is 0 Å². The van der Waals surface area contributed by atoms with E-state index in [2.05, 4.69) is 18.3 Å². The number of anilines is 1. The van der Waals surface area contributed by atoms with Crippen molar-refractivity contribution in [1.82, 2.24) is 0 Å². The molecule has 1 aliphatic carbocycles. The van der Waals surface area contributed by atoms with Gasteiger partial charge in [-0.1, -0.05) is 37.1 Å². The predicted octanol–water partition coefficient (Wildman–Crippen LogP) is 4.08. The molecule has 0 atom stereocenters. The molecule has 0 saturated heterocycles. The molecule has 3 rings (SSSR count). The van der Waals surface area contributed by atoms with Gasteiger partial charge >= 0.3 is 0 Å². The van der Waals surface area contributed by atoms with Crippen molar-refractivity contribution in [3.05, 3.63) is 29.3 Å². The largest absolute Gasteiger partial charge is 0.335 e. The van der Waals surface area contributed by atoms with Crippen molar-refractivity contribution in [3.63, 3.8) is 0 Å². The van der Waals surface area contributed by atoms with Crippen LogP contribution >= 0.6 is 11.8 Å². The number of thioether (sulfide) groups is 1. The van der Waals surface area contributed by atoms with E-state index < -0.39 is 0 Å². The van der Waals surface area contributed by atoms with Crippen LogP contribution in [0, 0.1) is 18.3 Å². The number of aryl methyl sites for hydroxylation is 1. The Morgan fingerprint density at radius 1 is 1.30 bits per heavy atom. The van der Waals surface area contributed by atoms with E-state index in [0.29, 0.717) is 5.56 Å². The zero-order valence-electron chi connectivity index (χ0n) is 11.8. The van der Waals surface area contributed by atoms with Crippen molar-refractivity contribution < 1.29 is 0 Å². The second kappa shape index (κ2) is 5.49. The Morgan fingerprint density at radius 3 is 2.85 bits per heavy atom. The van der Waals surface area contributed by atoms with Crippen LogP contribution in [0.3, 0.4) is 0 Å². The first kappa shape index (κ1) is 13.5. The van der Waals surface area contributed by atoms with E-state index in [4.69, 9.17) is 10.3 Å². The lowest BCUT2D eigenvalue weighted by Gasteiger charge is -2.29. The van der Waals surface area contributed by atoms with Crippen molar-refractivity contribution in [1.29, 1.82) is 5.26 Å². The minimum Gasteiger partial charge on any atom is -0.335 e. The smallest absolute Gasteiger partial charge is 0.161 e. The summed E-state index contributed by atoms with van der Waals surface area (Å²) in [6.45, 7) is 2.06. The van der Waals surface area contributed by atoms with Gasteiger partial charge in [0, 0.05) is 11.4 Å². The molecule has 1 aromatic rings. The molecule has 1 aromatic carbocycles. The minimum atomic E-state index is 0.187. The molecular formula is C16H19N3S. The number of amidine groups is 1. The highest BCUT2D eigenvalue weighted by atomic mass is 32.2. The van der Waals surface area contributed by atoms with E-state index in [0.717, 1.165) is 22.2 Å². The highest BCUT2D eigenvalue weighted by Crippen LogP contribution is 2.40. The van der Waals surface area contributed by atoms with Gasteiger partial charge in [-0.25, -0.2) is 0 Å². The quantitative estimate of drug-likeness (QED) is 0.845. The molecule has 1 N–H and O–H groups in total. The fourth-order valence-electron chi connectivity index (χ4n) is 2.95. The van der Waals surface area contributed by atoms with Gasteiger partial charge in [-0.15, -0.1) is 0 Å². The summed E-state index contributed by atoms with van der Waals surface area (Å²) in [7, 11) is 0. The van der Waals surface area contributed by atoms with Gasteiger partial charge in [0.15, 0.2) is 5.17 Å². The second-order valence-electron chi connectivity index (χ2n) is 5.76. The molecule has 2 aliphatic rings. The van der Waals surface area contributed by atoms with Gasteiger partial charge in [0.1, 0.15) is 0 Å². The first-order valence-corrected chi connectivity index (χ1v) is 8.20. The number of rotatable bonds is 1. The van der Waals surface area contributed by atoms with Crippen LogP contribution in [0.1, 0.15) is 43.2 Å². The summed E-state index contributed by atoms with van der Waals surface area (Å²) in [6, 6.07) is 7.93. The number of nitrogens with zero attached hydrogens (tertiary/aromatic N) is 2. The van der Waals surface area contributed by atoms with Gasteiger partial charge in [0.05, 0.1) is 17.2 Å². The predicted molar refractivity (Wildman–Crippen MR) is 85.2 cm³/mol. The van der Waals surface area contributed by atoms with Crippen LogP contribution in [0.5, 0.6) is 0 Å². The van der Waals surface area contributed by atoms with Crippen molar-refractivity contribution in [2.75, 3.05) is 11.1 Å². The van der Waals surface area contributed by atoms with Gasteiger partial charge in [-0.2, -0.15) is 5.26 Å². The van der Waals surface area contributed by atoms with E-state index in [-0.39, 0.29) is 5.54 Å². The first-order valence-electron chi connectivity index (χ1n) is 7.21. The van der Waals surface area contributed by atoms with Crippen LogP contribution in [0.15, 0.2) is 23.2 Å². The molecule has 0 bridgehead atoms. The van der Waals surface area contributed by atoms with E-state index in [1.165, 1.54) is 32.1 Å². The molecule has 1 fully saturated rings. The summed E-state index contributed by atoms with van der Waals surface area (Å²) >= 11 is 1.82. The maximum atomic E-state index is 9.00. The standard InChI is InChI=1S/C16H19N3S/c1-12-5-6-13(10-17)9-14(12)18-15-19-16(11-20-15)7-3-2-4-8-16/h5-6,9H,2-4,7-8,11H2,1H3,(H,18,19). The van der Waals surface area contributed by atoms with Crippen molar-refractivity contribution >= 4 is 22.6 Å². The summed E-state index contributed by atoms with van der Waals surface area (Å²) in [5.41, 5.74) is 3.03. The monoisotopic (exact) mass is 285 g/mol. The van der Waals surface area contributed by atoms with Gasteiger partial charge in [-0.05, 0) is 37.5 Å². The topological polar surface area (TPSA) is 48.2 Å². The van der Waals surface area contributed by atoms with E-state index in [1.807, 2.05) is 30.0 Å². The third-order valence-electron chi connectivity index (χ3n) is 4.21. The molecule has 3 nitrogen and oxygen atoms in total. The third-order valence-corrected chi connectivity index (χ3v) is 5.36. The summed E-state index contributed by atoms with van der Waals surface area (Å²) in [6.07, 6.45) is 6.42. The lowest BCUT2D eigenvalue weighted by molar-refractivity contribution is 0.335. The first-order chi connectivity index (χ1) is 9.71. The maximum absolute atomic E-state index is 9.00. The van der Waals surface area contributed by atoms with E-state index in [1.54, 1.807) is 0 Å². The Kier molecular flexibility index (Phi) is 3.71. The SMILES string of the molecule is Cc1ccc(C#N)cc1NC1=NC2(CCCCC2)CS1. The van der Waals surface area contributed by atoms with Crippen molar-refractivity contribution in [3.8, 4) is 6.07 Å². The number of aliphatic imine (C=N–C) groups is 1. The van der Waals surface area contributed by atoms with Gasteiger partial charge in [-0.3, -0.25) is 4.99 Å². The van der Waals surface area contributed by atoms with Crippen molar-refractivity contribution in [2.45, 2.75) is 44.6 Å². The lowest BCUT2D eigenvalue weighted by atomic mass is 9.84. The number of hydrogen-bond donors (Lipinski definition) is 1. The number of nitriles is 1. The van der Waals surface area contributed by atoms with Crippen LogP contribution in [-0.2, 0) is 0 Å². The normalized spacial score (nSPS) is 20.5. The fourth-order valence-corrected chi connectivity index (χ4v) is 4.15.